The summed E-state index contributed by atoms with van der Waals surface area (Å²) in [7, 11) is 2.08. The van der Waals surface area contributed by atoms with E-state index < -0.39 is 5.60 Å². The standard InChI is InChI=1S/C15H17NO2.ClH/c1-16-9-7-15(8-10-16)14(17)13(11-18-15)12-5-3-2-4-6-12;/h2-6,11H,7-10H2,1H3;1H. The minimum atomic E-state index is -0.586. The molecule has 3 nitrogen and oxygen atoms in total. The summed E-state index contributed by atoms with van der Waals surface area (Å²) >= 11 is 0. The van der Waals surface area contributed by atoms with Crippen molar-refractivity contribution in [3.05, 3.63) is 42.2 Å². The Balaban J connectivity index is 0.00000133. The number of ketones is 1. The SMILES string of the molecule is CN1CCC2(CC1)OC=C(c1ccccc1)C2=O.Cl. The van der Waals surface area contributed by atoms with Crippen LogP contribution < -0.4 is 0 Å². The van der Waals surface area contributed by atoms with Gasteiger partial charge in [0.05, 0.1) is 11.8 Å². The fourth-order valence-corrected chi connectivity index (χ4v) is 2.67. The number of carbonyl (C=O) groups is 1. The van der Waals surface area contributed by atoms with Crippen LogP contribution in [0.15, 0.2) is 36.6 Å². The molecule has 3 rings (SSSR count). The molecule has 1 aromatic rings. The largest absolute Gasteiger partial charge is 0.486 e. The van der Waals surface area contributed by atoms with Gasteiger partial charge in [-0.3, -0.25) is 4.79 Å². The average Bonchev–Trinajstić information content (AvgIpc) is 2.72. The van der Waals surface area contributed by atoms with Crippen LogP contribution in [-0.4, -0.2) is 36.4 Å². The zero-order valence-corrected chi connectivity index (χ0v) is 11.8. The second-order valence-corrected chi connectivity index (χ2v) is 5.14. The lowest BCUT2D eigenvalue weighted by molar-refractivity contribution is -0.132. The number of hydrogen-bond donors (Lipinski definition) is 0. The molecule has 2 aliphatic rings. The normalized spacial score (nSPS) is 21.7. The molecule has 0 atom stereocenters. The molecule has 0 saturated carbocycles. The molecule has 0 aliphatic carbocycles. The number of likely N-dealkylation sites (tertiary alicyclic amines) is 1. The van der Waals surface area contributed by atoms with Crippen LogP contribution in [0.2, 0.25) is 0 Å². The number of ether oxygens (including phenoxy) is 1. The van der Waals surface area contributed by atoms with Crippen molar-refractivity contribution in [2.24, 2.45) is 0 Å². The Morgan fingerprint density at radius 2 is 1.79 bits per heavy atom. The van der Waals surface area contributed by atoms with Crippen LogP contribution >= 0.6 is 12.4 Å². The van der Waals surface area contributed by atoms with E-state index in [9.17, 15) is 4.79 Å². The molecule has 0 radical (unpaired) electrons. The Morgan fingerprint density at radius 3 is 2.42 bits per heavy atom. The van der Waals surface area contributed by atoms with E-state index in [1.54, 1.807) is 6.26 Å². The van der Waals surface area contributed by atoms with Crippen molar-refractivity contribution in [2.75, 3.05) is 20.1 Å². The third kappa shape index (κ3) is 2.40. The van der Waals surface area contributed by atoms with Crippen molar-refractivity contribution in [1.82, 2.24) is 4.90 Å². The van der Waals surface area contributed by atoms with Crippen LogP contribution in [0.4, 0.5) is 0 Å². The van der Waals surface area contributed by atoms with Gasteiger partial charge in [-0.2, -0.15) is 0 Å². The van der Waals surface area contributed by atoms with E-state index in [0.29, 0.717) is 0 Å². The number of Topliss-reactive ketones (excluding diaryl/α,β-unsaturated/α-hetero) is 1. The molecule has 0 bridgehead atoms. The van der Waals surface area contributed by atoms with Crippen LogP contribution in [0.25, 0.3) is 5.57 Å². The molecular weight excluding hydrogens is 262 g/mol. The molecule has 0 N–H and O–H groups in total. The van der Waals surface area contributed by atoms with Gasteiger partial charge in [0.1, 0.15) is 0 Å². The molecule has 19 heavy (non-hydrogen) atoms. The topological polar surface area (TPSA) is 29.5 Å². The quantitative estimate of drug-likeness (QED) is 0.791. The Labute approximate surface area is 119 Å². The summed E-state index contributed by atoms with van der Waals surface area (Å²) in [5.41, 5.74) is 1.09. The van der Waals surface area contributed by atoms with E-state index in [2.05, 4.69) is 11.9 Å². The first-order chi connectivity index (χ1) is 8.71. The highest BCUT2D eigenvalue weighted by molar-refractivity contribution is 6.26. The van der Waals surface area contributed by atoms with E-state index in [0.717, 1.165) is 37.1 Å². The van der Waals surface area contributed by atoms with E-state index >= 15 is 0 Å². The summed E-state index contributed by atoms with van der Waals surface area (Å²) in [6, 6.07) is 9.77. The van der Waals surface area contributed by atoms with Crippen molar-refractivity contribution < 1.29 is 9.53 Å². The Kier molecular flexibility index (Phi) is 3.97. The maximum absolute atomic E-state index is 12.6. The van der Waals surface area contributed by atoms with Gasteiger partial charge >= 0.3 is 0 Å². The summed E-state index contributed by atoms with van der Waals surface area (Å²) in [5.74, 6) is 0.154. The highest BCUT2D eigenvalue weighted by Gasteiger charge is 2.47. The highest BCUT2D eigenvalue weighted by Crippen LogP contribution is 2.38. The van der Waals surface area contributed by atoms with Crippen LogP contribution in [0.1, 0.15) is 18.4 Å². The fourth-order valence-electron chi connectivity index (χ4n) is 2.67. The summed E-state index contributed by atoms with van der Waals surface area (Å²) in [5, 5.41) is 0. The predicted octanol–water partition coefficient (Wildman–Crippen LogP) is 2.51. The lowest BCUT2D eigenvalue weighted by Gasteiger charge is -2.35. The maximum Gasteiger partial charge on any atom is 0.210 e. The third-order valence-electron chi connectivity index (χ3n) is 3.94. The number of halogens is 1. The fraction of sp³-hybridized carbons (Fsp3) is 0.400. The third-order valence-corrected chi connectivity index (χ3v) is 3.94. The van der Waals surface area contributed by atoms with Gasteiger partial charge in [0, 0.05) is 25.9 Å². The monoisotopic (exact) mass is 279 g/mol. The molecule has 0 aromatic heterocycles. The van der Waals surface area contributed by atoms with Gasteiger partial charge in [-0.1, -0.05) is 30.3 Å². The molecule has 102 valence electrons. The number of nitrogens with zero attached hydrogens (tertiary/aromatic N) is 1. The summed E-state index contributed by atoms with van der Waals surface area (Å²) in [6.45, 7) is 1.84. The van der Waals surface area contributed by atoms with Crippen LogP contribution in [-0.2, 0) is 9.53 Å². The van der Waals surface area contributed by atoms with Crippen molar-refractivity contribution in [3.8, 4) is 0 Å². The Morgan fingerprint density at radius 1 is 1.16 bits per heavy atom. The number of rotatable bonds is 1. The smallest absolute Gasteiger partial charge is 0.210 e. The molecular formula is C15H18ClNO2. The molecule has 1 aromatic carbocycles. The van der Waals surface area contributed by atoms with Gasteiger partial charge in [0.15, 0.2) is 5.60 Å². The number of hydrogen-bond acceptors (Lipinski definition) is 3. The van der Waals surface area contributed by atoms with Gasteiger partial charge < -0.3 is 9.64 Å². The van der Waals surface area contributed by atoms with Crippen molar-refractivity contribution in [1.29, 1.82) is 0 Å². The lowest BCUT2D eigenvalue weighted by Crippen LogP contribution is -2.47. The van der Waals surface area contributed by atoms with E-state index in [1.807, 2.05) is 30.3 Å². The number of carbonyl (C=O) groups excluding carboxylic acids is 1. The molecule has 1 saturated heterocycles. The van der Waals surface area contributed by atoms with Gasteiger partial charge in [0.25, 0.3) is 0 Å². The van der Waals surface area contributed by atoms with Crippen LogP contribution in [0.3, 0.4) is 0 Å². The van der Waals surface area contributed by atoms with Crippen molar-refractivity contribution in [3.63, 3.8) is 0 Å². The summed E-state index contributed by atoms with van der Waals surface area (Å²) < 4.78 is 5.77. The Bertz CT molecular complexity index is 490. The first-order valence-electron chi connectivity index (χ1n) is 6.38. The average molecular weight is 280 g/mol. The van der Waals surface area contributed by atoms with E-state index in [-0.39, 0.29) is 18.2 Å². The van der Waals surface area contributed by atoms with Gasteiger partial charge in [-0.15, -0.1) is 12.4 Å². The second-order valence-electron chi connectivity index (χ2n) is 5.14. The summed E-state index contributed by atoms with van der Waals surface area (Å²) in [4.78, 5) is 14.8. The van der Waals surface area contributed by atoms with Crippen LogP contribution in [0.5, 0.6) is 0 Å². The molecule has 2 aliphatic heterocycles. The van der Waals surface area contributed by atoms with E-state index in [4.69, 9.17) is 4.74 Å². The highest BCUT2D eigenvalue weighted by atomic mass is 35.5. The van der Waals surface area contributed by atoms with Crippen LogP contribution in [0, 0.1) is 0 Å². The minimum absolute atomic E-state index is 0. The molecule has 1 fully saturated rings. The molecule has 0 unspecified atom stereocenters. The van der Waals surface area contributed by atoms with E-state index in [1.165, 1.54) is 0 Å². The van der Waals surface area contributed by atoms with Crippen molar-refractivity contribution >= 4 is 23.8 Å². The van der Waals surface area contributed by atoms with Gasteiger partial charge in [-0.25, -0.2) is 0 Å². The zero-order chi connectivity index (χ0) is 12.6. The maximum atomic E-state index is 12.6. The molecule has 0 amide bonds. The summed E-state index contributed by atoms with van der Waals surface area (Å²) in [6.07, 6.45) is 3.23. The molecule has 4 heteroatoms. The first-order valence-corrected chi connectivity index (χ1v) is 6.38. The van der Waals surface area contributed by atoms with Gasteiger partial charge in [-0.05, 0) is 12.6 Å². The van der Waals surface area contributed by atoms with Crippen molar-refractivity contribution in [2.45, 2.75) is 18.4 Å². The zero-order valence-electron chi connectivity index (χ0n) is 11.0. The predicted molar refractivity (Wildman–Crippen MR) is 77.2 cm³/mol. The Hall–Kier alpha value is -1.32. The number of piperidine rings is 1. The first kappa shape index (κ1) is 14.1. The molecule has 2 heterocycles. The second kappa shape index (κ2) is 5.35. The van der Waals surface area contributed by atoms with Gasteiger partial charge in [0.2, 0.25) is 5.78 Å². The number of benzene rings is 1. The molecule has 1 spiro atoms. The lowest BCUT2D eigenvalue weighted by atomic mass is 9.84. The minimum Gasteiger partial charge on any atom is -0.486 e.